The van der Waals surface area contributed by atoms with E-state index in [1.807, 2.05) is 0 Å². The van der Waals surface area contributed by atoms with Crippen molar-refractivity contribution < 1.29 is 83.3 Å². The van der Waals surface area contributed by atoms with Crippen molar-refractivity contribution >= 4 is 11.9 Å². The Labute approximate surface area is 107 Å². The first-order valence-corrected chi connectivity index (χ1v) is 2.01. The van der Waals surface area contributed by atoms with Gasteiger partial charge in [-0.25, -0.2) is 4.39 Å². The molecule has 0 bridgehead atoms. The van der Waals surface area contributed by atoms with E-state index < -0.39 is 17.6 Å². The average molecular weight is 180 g/mol. The summed E-state index contributed by atoms with van der Waals surface area (Å²) in [5, 5.41) is 19.1. The van der Waals surface area contributed by atoms with Gasteiger partial charge in [0.1, 0.15) is 0 Å². The number of hydrogen-bond acceptors (Lipinski definition) is 4. The molecule has 0 fully saturated rings. The van der Waals surface area contributed by atoms with Crippen LogP contribution in [0.15, 0.2) is 0 Å². The molecule has 4 nitrogen and oxygen atoms in total. The maximum Gasteiger partial charge on any atom is 1.00 e. The zero-order valence-corrected chi connectivity index (χ0v) is 10.5. The molecule has 11 heavy (non-hydrogen) atoms. The van der Waals surface area contributed by atoms with Crippen LogP contribution in [0.4, 0.5) is 4.39 Å². The molecule has 0 saturated carbocycles. The van der Waals surface area contributed by atoms with E-state index in [-0.39, 0.29) is 59.1 Å². The van der Waals surface area contributed by atoms with E-state index in [1.54, 1.807) is 0 Å². The normalized spacial score (nSPS) is 8.91. The van der Waals surface area contributed by atoms with Crippen LogP contribution in [-0.2, 0) is 9.59 Å². The van der Waals surface area contributed by atoms with E-state index in [0.717, 1.165) is 0 Å². The molecule has 0 radical (unpaired) electrons. The van der Waals surface area contributed by atoms with E-state index in [4.69, 9.17) is 0 Å². The Balaban J connectivity index is -0.000000320. The number of carbonyl (C=O) groups is 2. The molecular formula is C4H3FNa2O4. The number of carbonyl (C=O) groups excluding carboxylic acids is 2. The van der Waals surface area contributed by atoms with E-state index in [2.05, 4.69) is 0 Å². The van der Waals surface area contributed by atoms with Crippen molar-refractivity contribution in [3.8, 4) is 0 Å². The first-order chi connectivity index (χ1) is 3.89. The Kier molecular flexibility index (Phi) is 10.4. The van der Waals surface area contributed by atoms with E-state index in [9.17, 15) is 24.2 Å². The van der Waals surface area contributed by atoms with Crippen LogP contribution in [0.25, 0.3) is 0 Å². The van der Waals surface area contributed by atoms with E-state index in [0.29, 0.717) is 6.92 Å². The molecule has 52 valence electrons. The van der Waals surface area contributed by atoms with Crippen molar-refractivity contribution in [1.82, 2.24) is 0 Å². The molecule has 0 amide bonds. The summed E-state index contributed by atoms with van der Waals surface area (Å²) in [5.41, 5.74) is -3.39. The molecule has 0 aliphatic rings. The van der Waals surface area contributed by atoms with Crippen LogP contribution in [0.1, 0.15) is 6.92 Å². The van der Waals surface area contributed by atoms with Gasteiger partial charge in [-0.1, -0.05) is 0 Å². The Morgan fingerprint density at radius 2 is 1.36 bits per heavy atom. The third kappa shape index (κ3) is 5.16. The fourth-order valence-electron chi connectivity index (χ4n) is 0.0833. The zero-order valence-electron chi connectivity index (χ0n) is 6.51. The topological polar surface area (TPSA) is 80.3 Å². The zero-order chi connectivity index (χ0) is 7.65. The van der Waals surface area contributed by atoms with Gasteiger partial charge in [0.15, 0.2) is 5.67 Å². The molecule has 0 rings (SSSR count). The molecule has 0 N–H and O–H groups in total. The molecule has 0 atom stereocenters. The summed E-state index contributed by atoms with van der Waals surface area (Å²) in [6.07, 6.45) is 0. The van der Waals surface area contributed by atoms with Crippen LogP contribution < -0.4 is 69.3 Å². The van der Waals surface area contributed by atoms with Gasteiger partial charge in [0.05, 0.1) is 11.9 Å². The predicted octanol–water partition coefficient (Wildman–Crippen LogP) is -8.78. The minimum Gasteiger partial charge on any atom is -0.546 e. The first kappa shape index (κ1) is 17.8. The molecule has 0 heterocycles. The summed E-state index contributed by atoms with van der Waals surface area (Å²) < 4.78 is 12.0. The van der Waals surface area contributed by atoms with Crippen molar-refractivity contribution in [2.75, 3.05) is 0 Å². The molecule has 0 saturated heterocycles. The average Bonchev–Trinajstić information content (AvgIpc) is 1.65. The number of rotatable bonds is 2. The summed E-state index contributed by atoms with van der Waals surface area (Å²) >= 11 is 0. The Morgan fingerprint density at radius 1 is 1.18 bits per heavy atom. The van der Waals surface area contributed by atoms with Crippen LogP contribution in [0.3, 0.4) is 0 Å². The fraction of sp³-hybridized carbons (Fsp3) is 0.500. The second kappa shape index (κ2) is 6.39. The second-order valence-electron chi connectivity index (χ2n) is 1.58. The summed E-state index contributed by atoms with van der Waals surface area (Å²) in [4.78, 5) is 19.1. The molecular weight excluding hydrogens is 177 g/mol. The van der Waals surface area contributed by atoms with Gasteiger partial charge >= 0.3 is 59.1 Å². The van der Waals surface area contributed by atoms with Crippen molar-refractivity contribution in [2.45, 2.75) is 12.6 Å². The van der Waals surface area contributed by atoms with Gasteiger partial charge in [-0.2, -0.15) is 0 Å². The summed E-state index contributed by atoms with van der Waals surface area (Å²) in [6.45, 7) is 0.345. The molecule has 0 aromatic rings. The smallest absolute Gasteiger partial charge is 0.546 e. The SMILES string of the molecule is CC(F)(C(=O)[O-])C(=O)[O-].[Na+].[Na+]. The van der Waals surface area contributed by atoms with Gasteiger partial charge in [-0.05, 0) is 6.92 Å². The number of carboxylic acid groups (broad SMARTS) is 2. The molecule has 0 unspecified atom stereocenters. The Bertz CT molecular complexity index is 142. The Hall–Kier alpha value is 0.870. The Morgan fingerprint density at radius 3 is 1.36 bits per heavy atom. The van der Waals surface area contributed by atoms with Gasteiger partial charge in [-0.3, -0.25) is 0 Å². The number of carboxylic acids is 2. The molecule has 0 aromatic heterocycles. The third-order valence-corrected chi connectivity index (χ3v) is 0.767. The van der Waals surface area contributed by atoms with Crippen LogP contribution in [-0.4, -0.2) is 17.6 Å². The summed E-state index contributed by atoms with van der Waals surface area (Å²) in [6, 6.07) is 0. The van der Waals surface area contributed by atoms with Crippen LogP contribution in [0, 0.1) is 0 Å². The fourth-order valence-corrected chi connectivity index (χ4v) is 0.0833. The van der Waals surface area contributed by atoms with Crippen LogP contribution in [0.2, 0.25) is 0 Å². The maximum absolute atomic E-state index is 12.0. The molecule has 7 heteroatoms. The molecule has 0 aliphatic carbocycles. The van der Waals surface area contributed by atoms with Crippen LogP contribution >= 0.6 is 0 Å². The first-order valence-electron chi connectivity index (χ1n) is 2.01. The molecule has 0 spiro atoms. The summed E-state index contributed by atoms with van der Waals surface area (Å²) in [7, 11) is 0. The predicted molar refractivity (Wildman–Crippen MR) is 19.5 cm³/mol. The molecule has 0 aliphatic heterocycles. The number of halogens is 1. The minimum absolute atomic E-state index is 0. The van der Waals surface area contributed by atoms with Crippen LogP contribution in [0.5, 0.6) is 0 Å². The second-order valence-corrected chi connectivity index (χ2v) is 1.58. The summed E-state index contributed by atoms with van der Waals surface area (Å²) in [5.74, 6) is -4.61. The van der Waals surface area contributed by atoms with Crippen molar-refractivity contribution in [3.63, 3.8) is 0 Å². The van der Waals surface area contributed by atoms with Crippen molar-refractivity contribution in [3.05, 3.63) is 0 Å². The van der Waals surface area contributed by atoms with Crippen molar-refractivity contribution in [2.24, 2.45) is 0 Å². The van der Waals surface area contributed by atoms with Gasteiger partial charge in [0.25, 0.3) is 0 Å². The van der Waals surface area contributed by atoms with Gasteiger partial charge in [-0.15, -0.1) is 0 Å². The quantitative estimate of drug-likeness (QED) is 0.312. The molecule has 0 aromatic carbocycles. The number of aliphatic carboxylic acids is 2. The minimum atomic E-state index is -3.39. The standard InChI is InChI=1S/C4H5FO4.2Na/c1-4(5,2(6)7)3(8)9;;/h1H3,(H,6,7)(H,8,9);;/q;2*+1/p-2. The van der Waals surface area contributed by atoms with Gasteiger partial charge < -0.3 is 19.8 Å². The van der Waals surface area contributed by atoms with Gasteiger partial charge in [0.2, 0.25) is 0 Å². The van der Waals surface area contributed by atoms with Gasteiger partial charge in [0, 0.05) is 0 Å². The maximum atomic E-state index is 12.0. The monoisotopic (exact) mass is 180 g/mol. The van der Waals surface area contributed by atoms with E-state index >= 15 is 0 Å². The number of hydrogen-bond donors (Lipinski definition) is 0. The largest absolute Gasteiger partial charge is 1.00 e. The third-order valence-electron chi connectivity index (χ3n) is 0.767. The number of alkyl halides is 1. The van der Waals surface area contributed by atoms with Crippen molar-refractivity contribution in [1.29, 1.82) is 0 Å². The van der Waals surface area contributed by atoms with E-state index in [1.165, 1.54) is 0 Å².